The molecule has 0 saturated carbocycles. The minimum absolute atomic E-state index is 0.0237. The SMILES string of the molecule is O=[N+]([O-])c1ccc2oc(NCCC3CCCNC3)nc2c1. The summed E-state index contributed by atoms with van der Waals surface area (Å²) in [4.78, 5) is 14.5. The van der Waals surface area contributed by atoms with Gasteiger partial charge >= 0.3 is 0 Å². The van der Waals surface area contributed by atoms with Gasteiger partial charge in [-0.25, -0.2) is 0 Å². The molecule has 2 N–H and O–H groups in total. The van der Waals surface area contributed by atoms with E-state index < -0.39 is 4.92 Å². The Morgan fingerprint density at radius 3 is 3.19 bits per heavy atom. The zero-order valence-corrected chi connectivity index (χ0v) is 11.7. The molecule has 1 aliphatic rings. The summed E-state index contributed by atoms with van der Waals surface area (Å²) in [7, 11) is 0. The maximum atomic E-state index is 10.7. The van der Waals surface area contributed by atoms with Crippen LogP contribution in [0.4, 0.5) is 11.7 Å². The fourth-order valence-corrected chi connectivity index (χ4v) is 2.66. The number of rotatable bonds is 5. The van der Waals surface area contributed by atoms with Crippen molar-refractivity contribution in [2.45, 2.75) is 19.3 Å². The molecule has 1 unspecified atom stereocenters. The van der Waals surface area contributed by atoms with Crippen molar-refractivity contribution < 1.29 is 9.34 Å². The Kier molecular flexibility index (Phi) is 4.01. The van der Waals surface area contributed by atoms with Gasteiger partial charge in [0.1, 0.15) is 5.52 Å². The van der Waals surface area contributed by atoms with E-state index >= 15 is 0 Å². The number of oxazole rings is 1. The van der Waals surface area contributed by atoms with E-state index in [0.29, 0.717) is 23.0 Å². The van der Waals surface area contributed by atoms with Crippen LogP contribution >= 0.6 is 0 Å². The number of aromatic nitrogens is 1. The summed E-state index contributed by atoms with van der Waals surface area (Å²) in [6, 6.07) is 4.85. The van der Waals surface area contributed by atoms with Crippen molar-refractivity contribution >= 4 is 22.8 Å². The number of anilines is 1. The largest absolute Gasteiger partial charge is 0.424 e. The van der Waals surface area contributed by atoms with Crippen LogP contribution in [-0.2, 0) is 0 Å². The fourth-order valence-electron chi connectivity index (χ4n) is 2.66. The van der Waals surface area contributed by atoms with Crippen LogP contribution in [0.3, 0.4) is 0 Å². The van der Waals surface area contributed by atoms with Crippen LogP contribution in [0.15, 0.2) is 22.6 Å². The highest BCUT2D eigenvalue weighted by atomic mass is 16.6. The van der Waals surface area contributed by atoms with Crippen LogP contribution in [0.1, 0.15) is 19.3 Å². The third kappa shape index (κ3) is 3.30. The summed E-state index contributed by atoms with van der Waals surface area (Å²) in [5.74, 6) is 0.691. The minimum atomic E-state index is -0.433. The maximum Gasteiger partial charge on any atom is 0.295 e. The molecule has 1 fully saturated rings. The van der Waals surface area contributed by atoms with Crippen LogP contribution in [-0.4, -0.2) is 29.5 Å². The summed E-state index contributed by atoms with van der Waals surface area (Å²) in [5, 5.41) is 17.3. The molecule has 1 atom stereocenters. The minimum Gasteiger partial charge on any atom is -0.424 e. The normalized spacial score (nSPS) is 18.8. The fraction of sp³-hybridized carbons (Fsp3) is 0.500. The molecule has 0 bridgehead atoms. The van der Waals surface area contributed by atoms with Crippen molar-refractivity contribution in [2.75, 3.05) is 25.0 Å². The van der Waals surface area contributed by atoms with Gasteiger partial charge in [0.2, 0.25) is 0 Å². The van der Waals surface area contributed by atoms with Gasteiger partial charge in [0.15, 0.2) is 5.58 Å². The number of nitro groups is 1. The van der Waals surface area contributed by atoms with E-state index in [1.807, 2.05) is 0 Å². The lowest BCUT2D eigenvalue weighted by atomic mass is 9.96. The molecule has 1 aromatic heterocycles. The average molecular weight is 290 g/mol. The summed E-state index contributed by atoms with van der Waals surface area (Å²) in [5.41, 5.74) is 1.09. The standard InChI is InChI=1S/C14H18N4O3/c19-18(20)11-3-4-13-12(8-11)17-14(21-13)16-7-5-10-2-1-6-15-9-10/h3-4,8,10,15H,1-2,5-7,9H2,(H,16,17). The lowest BCUT2D eigenvalue weighted by molar-refractivity contribution is -0.384. The summed E-state index contributed by atoms with van der Waals surface area (Å²) >= 11 is 0. The highest BCUT2D eigenvalue weighted by molar-refractivity contribution is 5.77. The molecule has 7 nitrogen and oxygen atoms in total. The van der Waals surface area contributed by atoms with Crippen LogP contribution in [0.2, 0.25) is 0 Å². The summed E-state index contributed by atoms with van der Waals surface area (Å²) in [6.07, 6.45) is 3.55. The van der Waals surface area contributed by atoms with Gasteiger partial charge in [0, 0.05) is 18.7 Å². The van der Waals surface area contributed by atoms with Crippen molar-refractivity contribution in [1.82, 2.24) is 10.3 Å². The number of nitrogens with zero attached hydrogens (tertiary/aromatic N) is 2. The molecule has 1 aromatic carbocycles. The molecule has 2 heterocycles. The first-order valence-electron chi connectivity index (χ1n) is 7.22. The van der Waals surface area contributed by atoms with E-state index in [1.54, 1.807) is 6.07 Å². The van der Waals surface area contributed by atoms with Gasteiger partial charge in [-0.05, 0) is 44.3 Å². The molecule has 1 saturated heterocycles. The zero-order valence-electron chi connectivity index (χ0n) is 11.7. The van der Waals surface area contributed by atoms with Gasteiger partial charge in [0.25, 0.3) is 11.7 Å². The molecular formula is C14H18N4O3. The van der Waals surface area contributed by atoms with Gasteiger partial charge in [-0.1, -0.05) is 0 Å². The van der Waals surface area contributed by atoms with E-state index in [2.05, 4.69) is 15.6 Å². The van der Waals surface area contributed by atoms with Crippen LogP contribution in [0.5, 0.6) is 0 Å². The maximum absolute atomic E-state index is 10.7. The van der Waals surface area contributed by atoms with Crippen molar-refractivity contribution in [1.29, 1.82) is 0 Å². The Balaban J connectivity index is 1.60. The molecular weight excluding hydrogens is 272 g/mol. The van der Waals surface area contributed by atoms with Gasteiger partial charge in [0.05, 0.1) is 4.92 Å². The first kappa shape index (κ1) is 13.8. The third-order valence-electron chi connectivity index (χ3n) is 3.81. The number of non-ortho nitro benzene ring substituents is 1. The topological polar surface area (TPSA) is 93.2 Å². The van der Waals surface area contributed by atoms with E-state index in [9.17, 15) is 10.1 Å². The smallest absolute Gasteiger partial charge is 0.295 e. The first-order valence-corrected chi connectivity index (χ1v) is 7.22. The molecule has 0 radical (unpaired) electrons. The number of benzene rings is 1. The van der Waals surface area contributed by atoms with E-state index in [1.165, 1.54) is 25.0 Å². The molecule has 3 rings (SSSR count). The Labute approximate surface area is 121 Å². The number of piperidine rings is 1. The summed E-state index contributed by atoms with van der Waals surface area (Å²) < 4.78 is 5.53. The second-order valence-electron chi connectivity index (χ2n) is 5.36. The number of fused-ring (bicyclic) bond motifs is 1. The van der Waals surface area contributed by atoms with Crippen molar-refractivity contribution in [3.63, 3.8) is 0 Å². The number of nitro benzene ring substituents is 1. The molecule has 0 spiro atoms. The van der Waals surface area contributed by atoms with Crippen LogP contribution in [0.25, 0.3) is 11.1 Å². The highest BCUT2D eigenvalue weighted by Gasteiger charge is 2.14. The van der Waals surface area contributed by atoms with Crippen molar-refractivity contribution in [3.05, 3.63) is 28.3 Å². The Morgan fingerprint density at radius 2 is 2.43 bits per heavy atom. The Bertz CT molecular complexity index is 634. The molecule has 21 heavy (non-hydrogen) atoms. The molecule has 2 aromatic rings. The lowest BCUT2D eigenvalue weighted by Gasteiger charge is -2.22. The second-order valence-corrected chi connectivity index (χ2v) is 5.36. The van der Waals surface area contributed by atoms with Gasteiger partial charge in [-0.3, -0.25) is 10.1 Å². The quantitative estimate of drug-likeness (QED) is 0.649. The molecule has 0 aliphatic carbocycles. The molecule has 112 valence electrons. The van der Waals surface area contributed by atoms with Gasteiger partial charge in [-0.2, -0.15) is 4.98 Å². The average Bonchev–Trinajstić information content (AvgIpc) is 2.90. The highest BCUT2D eigenvalue weighted by Crippen LogP contribution is 2.23. The van der Waals surface area contributed by atoms with Crippen LogP contribution in [0, 0.1) is 16.0 Å². The molecule has 7 heteroatoms. The van der Waals surface area contributed by atoms with E-state index in [4.69, 9.17) is 4.42 Å². The second kappa shape index (κ2) is 6.09. The molecule has 1 aliphatic heterocycles. The van der Waals surface area contributed by atoms with E-state index in [0.717, 1.165) is 26.1 Å². The molecule has 0 amide bonds. The number of hydrogen-bond donors (Lipinski definition) is 2. The van der Waals surface area contributed by atoms with Crippen molar-refractivity contribution in [2.24, 2.45) is 5.92 Å². The van der Waals surface area contributed by atoms with E-state index in [-0.39, 0.29) is 5.69 Å². The zero-order chi connectivity index (χ0) is 14.7. The number of nitrogens with one attached hydrogen (secondary N) is 2. The number of hydrogen-bond acceptors (Lipinski definition) is 6. The van der Waals surface area contributed by atoms with Gasteiger partial charge in [-0.15, -0.1) is 0 Å². The van der Waals surface area contributed by atoms with Gasteiger partial charge < -0.3 is 15.1 Å². The predicted molar refractivity (Wildman–Crippen MR) is 79.4 cm³/mol. The lowest BCUT2D eigenvalue weighted by Crippen LogP contribution is -2.30. The Morgan fingerprint density at radius 1 is 1.52 bits per heavy atom. The summed E-state index contributed by atoms with van der Waals surface area (Å²) in [6.45, 7) is 2.98. The third-order valence-corrected chi connectivity index (χ3v) is 3.81. The Hall–Kier alpha value is -2.15. The van der Waals surface area contributed by atoms with Crippen molar-refractivity contribution in [3.8, 4) is 0 Å². The first-order chi connectivity index (χ1) is 10.2. The monoisotopic (exact) mass is 290 g/mol. The van der Waals surface area contributed by atoms with Crippen LogP contribution < -0.4 is 10.6 Å². The predicted octanol–water partition coefficient (Wildman–Crippen LogP) is 2.54.